The van der Waals surface area contributed by atoms with Gasteiger partial charge in [0.2, 0.25) is 0 Å². The van der Waals surface area contributed by atoms with Crippen LogP contribution in [0.1, 0.15) is 21.8 Å². The Morgan fingerprint density at radius 1 is 1.16 bits per heavy atom. The Morgan fingerprint density at radius 2 is 2.00 bits per heavy atom. The van der Waals surface area contributed by atoms with Crippen molar-refractivity contribution in [3.63, 3.8) is 0 Å². The van der Waals surface area contributed by atoms with Gasteiger partial charge in [-0.25, -0.2) is 14.5 Å². The molecule has 0 radical (unpaired) electrons. The summed E-state index contributed by atoms with van der Waals surface area (Å²) in [5.74, 6) is 0.753. The molecule has 9 heteroatoms. The van der Waals surface area contributed by atoms with Crippen molar-refractivity contribution in [2.24, 2.45) is 7.05 Å². The van der Waals surface area contributed by atoms with Crippen LogP contribution in [-0.4, -0.2) is 30.5 Å². The Balaban J connectivity index is 1.39. The molecule has 0 saturated carbocycles. The third kappa shape index (κ3) is 3.97. The van der Waals surface area contributed by atoms with Crippen molar-refractivity contribution in [3.8, 4) is 27.7 Å². The van der Waals surface area contributed by atoms with Gasteiger partial charge in [-0.15, -0.1) is 11.3 Å². The first-order valence-electron chi connectivity index (χ1n) is 9.89. The number of furan rings is 1. The molecule has 0 aliphatic carbocycles. The first kappa shape index (κ1) is 20.0. The molecule has 0 atom stereocenters. The van der Waals surface area contributed by atoms with Gasteiger partial charge in [0.1, 0.15) is 28.6 Å². The molecule has 32 heavy (non-hydrogen) atoms. The Bertz CT molecular complexity index is 1380. The Morgan fingerprint density at radius 3 is 2.72 bits per heavy atom. The van der Waals surface area contributed by atoms with Gasteiger partial charge in [-0.2, -0.15) is 10.2 Å². The molecule has 0 fully saturated rings. The maximum Gasteiger partial charge on any atom is 0.342 e. The number of benzene rings is 1. The highest BCUT2D eigenvalue weighted by Gasteiger charge is 2.22. The quantitative estimate of drug-likeness (QED) is 0.354. The van der Waals surface area contributed by atoms with E-state index in [-0.39, 0.29) is 6.61 Å². The average Bonchev–Trinajstić information content (AvgIpc) is 3.59. The first-order chi connectivity index (χ1) is 15.6. The zero-order valence-electron chi connectivity index (χ0n) is 17.4. The van der Waals surface area contributed by atoms with Crippen LogP contribution >= 0.6 is 11.3 Å². The highest BCUT2D eigenvalue weighted by Crippen LogP contribution is 2.27. The van der Waals surface area contributed by atoms with E-state index in [1.807, 2.05) is 61.9 Å². The van der Waals surface area contributed by atoms with Gasteiger partial charge >= 0.3 is 5.97 Å². The van der Waals surface area contributed by atoms with Crippen molar-refractivity contribution >= 4 is 17.3 Å². The summed E-state index contributed by atoms with van der Waals surface area (Å²) in [6.07, 6.45) is 5.31. The van der Waals surface area contributed by atoms with Crippen molar-refractivity contribution in [2.45, 2.75) is 13.5 Å². The first-order valence-corrected chi connectivity index (χ1v) is 10.8. The number of para-hydroxylation sites is 1. The molecular formula is C23H19N5O3S. The van der Waals surface area contributed by atoms with Crippen molar-refractivity contribution in [3.05, 3.63) is 83.5 Å². The molecule has 0 bridgehead atoms. The SMILES string of the molecule is Cc1ccc(-c2nn(-c3ccccc3)cc2C(=O)OCc2csc(-c3cnn(C)c3)n2)o1. The number of rotatable bonds is 6. The van der Waals surface area contributed by atoms with Crippen LogP contribution < -0.4 is 0 Å². The molecule has 5 rings (SSSR count). The number of nitrogens with zero attached hydrogens (tertiary/aromatic N) is 5. The van der Waals surface area contributed by atoms with E-state index in [0.717, 1.165) is 22.0 Å². The maximum absolute atomic E-state index is 13.0. The molecule has 4 aromatic heterocycles. The fourth-order valence-corrected chi connectivity index (χ4v) is 4.01. The van der Waals surface area contributed by atoms with Gasteiger partial charge in [0.25, 0.3) is 0 Å². The Kier molecular flexibility index (Phi) is 5.16. The lowest BCUT2D eigenvalue weighted by Crippen LogP contribution is -2.06. The van der Waals surface area contributed by atoms with Crippen molar-refractivity contribution in [1.82, 2.24) is 24.5 Å². The highest BCUT2D eigenvalue weighted by atomic mass is 32.1. The maximum atomic E-state index is 13.0. The Labute approximate surface area is 187 Å². The predicted octanol–water partition coefficient (Wildman–Crippen LogP) is 4.65. The van der Waals surface area contributed by atoms with Gasteiger partial charge in [-0.3, -0.25) is 4.68 Å². The number of aromatic nitrogens is 5. The molecule has 0 aliphatic heterocycles. The fourth-order valence-electron chi connectivity index (χ4n) is 3.23. The normalized spacial score (nSPS) is 11.1. The molecular weight excluding hydrogens is 426 g/mol. The summed E-state index contributed by atoms with van der Waals surface area (Å²) in [4.78, 5) is 17.5. The molecule has 0 amide bonds. The molecule has 0 spiro atoms. The third-order valence-corrected chi connectivity index (χ3v) is 5.72. The number of thiazole rings is 1. The van der Waals surface area contributed by atoms with Crippen LogP contribution in [0, 0.1) is 6.92 Å². The largest absolute Gasteiger partial charge is 0.460 e. The molecule has 1 aromatic carbocycles. The molecule has 0 unspecified atom stereocenters. The van der Waals surface area contributed by atoms with Crippen molar-refractivity contribution in [2.75, 3.05) is 0 Å². The molecule has 4 heterocycles. The zero-order valence-corrected chi connectivity index (χ0v) is 18.2. The molecule has 5 aromatic rings. The molecule has 160 valence electrons. The summed E-state index contributed by atoms with van der Waals surface area (Å²) in [5, 5.41) is 11.5. The van der Waals surface area contributed by atoms with E-state index in [2.05, 4.69) is 15.2 Å². The lowest BCUT2D eigenvalue weighted by atomic mass is 10.2. The summed E-state index contributed by atoms with van der Waals surface area (Å²) in [6.45, 7) is 1.90. The summed E-state index contributed by atoms with van der Waals surface area (Å²) >= 11 is 1.48. The van der Waals surface area contributed by atoms with Gasteiger partial charge in [-0.1, -0.05) is 18.2 Å². The lowest BCUT2D eigenvalue weighted by Gasteiger charge is -2.02. The second-order valence-corrected chi connectivity index (χ2v) is 8.06. The van der Waals surface area contributed by atoms with Crippen LogP contribution in [0.3, 0.4) is 0 Å². The molecule has 0 aliphatic rings. The van der Waals surface area contributed by atoms with Crippen LogP contribution in [0.25, 0.3) is 27.7 Å². The van der Waals surface area contributed by atoms with E-state index in [1.165, 1.54) is 11.3 Å². The van der Waals surface area contributed by atoms with E-state index >= 15 is 0 Å². The summed E-state index contributed by atoms with van der Waals surface area (Å²) in [5.41, 5.74) is 3.19. The lowest BCUT2D eigenvalue weighted by molar-refractivity contribution is 0.0469. The summed E-state index contributed by atoms with van der Waals surface area (Å²) in [7, 11) is 1.85. The van der Waals surface area contributed by atoms with Crippen LogP contribution in [0.5, 0.6) is 0 Å². The second kappa shape index (κ2) is 8.27. The average molecular weight is 446 g/mol. The van der Waals surface area contributed by atoms with Crippen molar-refractivity contribution < 1.29 is 13.9 Å². The highest BCUT2D eigenvalue weighted by molar-refractivity contribution is 7.13. The van der Waals surface area contributed by atoms with E-state index in [0.29, 0.717) is 22.7 Å². The summed E-state index contributed by atoms with van der Waals surface area (Å²) in [6, 6.07) is 13.2. The van der Waals surface area contributed by atoms with Gasteiger partial charge in [0.15, 0.2) is 5.76 Å². The Hall–Kier alpha value is -3.98. The van der Waals surface area contributed by atoms with E-state index in [4.69, 9.17) is 9.15 Å². The van der Waals surface area contributed by atoms with Gasteiger partial charge in [0, 0.05) is 30.4 Å². The minimum atomic E-state index is -0.493. The number of esters is 1. The van der Waals surface area contributed by atoms with Gasteiger partial charge in [0.05, 0.1) is 17.6 Å². The van der Waals surface area contributed by atoms with E-state index in [1.54, 1.807) is 27.8 Å². The van der Waals surface area contributed by atoms with Crippen LogP contribution in [0.2, 0.25) is 0 Å². The van der Waals surface area contributed by atoms with Crippen LogP contribution in [0.4, 0.5) is 0 Å². The second-order valence-electron chi connectivity index (χ2n) is 7.20. The fraction of sp³-hybridized carbons (Fsp3) is 0.130. The topological polar surface area (TPSA) is 88.0 Å². The number of carbonyl (C=O) groups is 1. The predicted molar refractivity (Wildman–Crippen MR) is 119 cm³/mol. The standard InChI is InChI=1S/C23H19N5O3S/c1-15-8-9-20(31-15)21-19(12-28(26-21)18-6-4-3-5-7-18)23(29)30-13-17-14-32-22(25-17)16-10-24-27(2)11-16/h3-12,14H,13H2,1-2H3. The van der Waals surface area contributed by atoms with E-state index in [9.17, 15) is 4.79 Å². The minimum Gasteiger partial charge on any atom is -0.460 e. The monoisotopic (exact) mass is 445 g/mol. The number of carbonyl (C=O) groups excluding carboxylic acids is 1. The number of aryl methyl sites for hydroxylation is 2. The van der Waals surface area contributed by atoms with Gasteiger partial charge in [-0.05, 0) is 31.2 Å². The van der Waals surface area contributed by atoms with Crippen LogP contribution in [-0.2, 0) is 18.4 Å². The molecule has 0 N–H and O–H groups in total. The smallest absolute Gasteiger partial charge is 0.342 e. The zero-order chi connectivity index (χ0) is 22.1. The van der Waals surface area contributed by atoms with Crippen LogP contribution in [0.15, 0.2) is 70.9 Å². The number of hydrogen-bond acceptors (Lipinski definition) is 7. The van der Waals surface area contributed by atoms with E-state index < -0.39 is 5.97 Å². The third-order valence-electron chi connectivity index (χ3n) is 4.78. The number of hydrogen-bond donors (Lipinski definition) is 0. The molecule has 0 saturated heterocycles. The minimum absolute atomic E-state index is 0.0583. The van der Waals surface area contributed by atoms with Gasteiger partial charge < -0.3 is 9.15 Å². The van der Waals surface area contributed by atoms with Crippen molar-refractivity contribution in [1.29, 1.82) is 0 Å². The summed E-state index contributed by atoms with van der Waals surface area (Å²) < 4.78 is 14.7. The molecule has 8 nitrogen and oxygen atoms in total. The number of ether oxygens (including phenoxy) is 1.